The number of aliphatic imine (C=N–C) groups is 1. The molecule has 3 atom stereocenters. The summed E-state index contributed by atoms with van der Waals surface area (Å²) in [5.74, 6) is 1.68. The maximum Gasteiger partial charge on any atom is 0.193 e. The first kappa shape index (κ1) is 21.8. The molecule has 3 fully saturated rings. The molecule has 3 rings (SSSR count). The van der Waals surface area contributed by atoms with Crippen LogP contribution in [0.25, 0.3) is 0 Å². The van der Waals surface area contributed by atoms with Gasteiger partial charge in [0, 0.05) is 52.4 Å². The second-order valence-electron chi connectivity index (χ2n) is 8.13. The first-order chi connectivity index (χ1) is 13.8. The van der Waals surface area contributed by atoms with Gasteiger partial charge in [0.25, 0.3) is 0 Å². The van der Waals surface area contributed by atoms with Crippen LogP contribution in [-0.4, -0.2) is 100 Å². The molecule has 3 heterocycles. The molecule has 0 radical (unpaired) electrons. The van der Waals surface area contributed by atoms with Gasteiger partial charge >= 0.3 is 0 Å². The fourth-order valence-corrected chi connectivity index (χ4v) is 4.85. The van der Waals surface area contributed by atoms with E-state index in [2.05, 4.69) is 34.0 Å². The van der Waals surface area contributed by atoms with Gasteiger partial charge in [-0.1, -0.05) is 26.7 Å². The Labute approximate surface area is 170 Å². The zero-order valence-corrected chi connectivity index (χ0v) is 18.1. The van der Waals surface area contributed by atoms with Crippen molar-refractivity contribution in [1.82, 2.24) is 15.1 Å². The lowest BCUT2D eigenvalue weighted by molar-refractivity contribution is -0.0817. The van der Waals surface area contributed by atoms with Crippen molar-refractivity contribution in [1.29, 1.82) is 0 Å². The highest BCUT2D eigenvalue weighted by atomic mass is 16.5. The molecule has 3 unspecified atom stereocenters. The van der Waals surface area contributed by atoms with Crippen LogP contribution >= 0.6 is 0 Å². The van der Waals surface area contributed by atoms with E-state index in [1.165, 1.54) is 12.8 Å². The Kier molecular flexibility index (Phi) is 8.83. The van der Waals surface area contributed by atoms with Crippen molar-refractivity contribution >= 4 is 5.96 Å². The van der Waals surface area contributed by atoms with E-state index in [1.807, 2.05) is 7.05 Å². The second-order valence-corrected chi connectivity index (χ2v) is 8.13. The molecule has 0 aromatic carbocycles. The Hall–Kier alpha value is -0.890. The Bertz CT molecular complexity index is 474. The molecule has 7 nitrogen and oxygen atoms in total. The monoisotopic (exact) mass is 396 g/mol. The van der Waals surface area contributed by atoms with Gasteiger partial charge in [-0.05, 0) is 18.8 Å². The summed E-state index contributed by atoms with van der Waals surface area (Å²) < 4.78 is 17.5. The lowest BCUT2D eigenvalue weighted by Crippen LogP contribution is -2.57. The van der Waals surface area contributed by atoms with Crippen molar-refractivity contribution in [3.63, 3.8) is 0 Å². The van der Waals surface area contributed by atoms with E-state index in [0.717, 1.165) is 78.0 Å². The van der Waals surface area contributed by atoms with E-state index < -0.39 is 0 Å². The molecule has 162 valence electrons. The van der Waals surface area contributed by atoms with Crippen molar-refractivity contribution in [3.8, 4) is 0 Å². The van der Waals surface area contributed by atoms with Gasteiger partial charge in [0.2, 0.25) is 0 Å². The topological polar surface area (TPSA) is 58.6 Å². The summed E-state index contributed by atoms with van der Waals surface area (Å²) in [6.45, 7) is 12.7. The van der Waals surface area contributed by atoms with E-state index in [4.69, 9.17) is 14.2 Å². The summed E-state index contributed by atoms with van der Waals surface area (Å²) >= 11 is 0. The molecular weight excluding hydrogens is 356 g/mol. The predicted molar refractivity (Wildman–Crippen MR) is 112 cm³/mol. The lowest BCUT2D eigenvalue weighted by atomic mass is 9.92. The highest BCUT2D eigenvalue weighted by Gasteiger charge is 2.33. The number of hydrogen-bond acceptors (Lipinski definition) is 5. The Morgan fingerprint density at radius 2 is 1.79 bits per heavy atom. The van der Waals surface area contributed by atoms with E-state index in [0.29, 0.717) is 12.0 Å². The predicted octanol–water partition coefficient (Wildman–Crippen LogP) is 1.58. The van der Waals surface area contributed by atoms with Crippen LogP contribution < -0.4 is 5.32 Å². The van der Waals surface area contributed by atoms with Crippen LogP contribution in [0.4, 0.5) is 0 Å². The summed E-state index contributed by atoms with van der Waals surface area (Å²) in [6, 6.07) is 0.519. The highest BCUT2D eigenvalue weighted by Crippen LogP contribution is 2.22. The first-order valence-corrected chi connectivity index (χ1v) is 11.3. The number of hydrogen-bond donors (Lipinski definition) is 1. The molecule has 7 heteroatoms. The van der Waals surface area contributed by atoms with Crippen molar-refractivity contribution in [3.05, 3.63) is 0 Å². The van der Waals surface area contributed by atoms with Crippen LogP contribution in [0.15, 0.2) is 4.99 Å². The summed E-state index contributed by atoms with van der Waals surface area (Å²) in [7, 11) is 1.89. The lowest BCUT2D eigenvalue weighted by Gasteiger charge is -2.41. The number of rotatable bonds is 7. The first-order valence-electron chi connectivity index (χ1n) is 11.3. The van der Waals surface area contributed by atoms with Crippen molar-refractivity contribution in [2.24, 2.45) is 10.9 Å². The minimum absolute atomic E-state index is 0.156. The van der Waals surface area contributed by atoms with Gasteiger partial charge in [-0.25, -0.2) is 0 Å². The number of morpholine rings is 2. The van der Waals surface area contributed by atoms with Crippen molar-refractivity contribution in [2.45, 2.75) is 57.8 Å². The van der Waals surface area contributed by atoms with Crippen molar-refractivity contribution in [2.75, 3.05) is 66.2 Å². The summed E-state index contributed by atoms with van der Waals surface area (Å²) in [5, 5.41) is 3.69. The third kappa shape index (κ3) is 5.59. The summed E-state index contributed by atoms with van der Waals surface area (Å²) in [6.07, 6.45) is 5.07. The molecule has 0 aromatic rings. The van der Waals surface area contributed by atoms with Gasteiger partial charge in [-0.3, -0.25) is 9.89 Å². The quantitative estimate of drug-likeness (QED) is 0.521. The Balaban J connectivity index is 1.58. The second kappa shape index (κ2) is 11.3. The summed E-state index contributed by atoms with van der Waals surface area (Å²) in [5.41, 5.74) is 0. The van der Waals surface area contributed by atoms with Crippen LogP contribution in [0, 0.1) is 5.92 Å². The third-order valence-corrected chi connectivity index (χ3v) is 6.56. The number of ether oxygens (including phenoxy) is 3. The molecule has 3 aliphatic rings. The molecular formula is C21H40N4O3. The van der Waals surface area contributed by atoms with Crippen LogP contribution in [0.5, 0.6) is 0 Å². The molecule has 0 spiro atoms. The molecule has 0 aromatic heterocycles. The smallest absolute Gasteiger partial charge is 0.193 e. The standard InChI is InChI=1S/C21H40N4O3/c1-4-17(5-2)18(24-8-12-26-13-9-24)15-23-21(22-3)25-10-14-28-20(16-25)19-7-6-11-27-19/h17-20H,4-16H2,1-3H3,(H,22,23). The van der Waals surface area contributed by atoms with Crippen LogP contribution in [0.3, 0.4) is 0 Å². The van der Waals surface area contributed by atoms with Gasteiger partial charge in [-0.15, -0.1) is 0 Å². The van der Waals surface area contributed by atoms with E-state index in [-0.39, 0.29) is 12.2 Å². The van der Waals surface area contributed by atoms with Gasteiger partial charge in [-0.2, -0.15) is 0 Å². The fourth-order valence-electron chi connectivity index (χ4n) is 4.85. The molecule has 0 amide bonds. The molecule has 1 N–H and O–H groups in total. The molecule has 0 saturated carbocycles. The minimum atomic E-state index is 0.156. The normalized spacial score (nSPS) is 28.7. The minimum Gasteiger partial charge on any atom is -0.379 e. The number of guanidine groups is 1. The van der Waals surface area contributed by atoms with Gasteiger partial charge in [0.05, 0.1) is 25.9 Å². The number of nitrogens with one attached hydrogen (secondary N) is 1. The highest BCUT2D eigenvalue weighted by molar-refractivity contribution is 5.80. The zero-order chi connectivity index (χ0) is 19.8. The van der Waals surface area contributed by atoms with Gasteiger partial charge < -0.3 is 24.4 Å². The maximum absolute atomic E-state index is 6.01. The molecule has 3 aliphatic heterocycles. The Morgan fingerprint density at radius 3 is 2.43 bits per heavy atom. The van der Waals surface area contributed by atoms with Crippen LogP contribution in [0.1, 0.15) is 39.5 Å². The van der Waals surface area contributed by atoms with E-state index >= 15 is 0 Å². The van der Waals surface area contributed by atoms with Gasteiger partial charge in [0.15, 0.2) is 5.96 Å². The fraction of sp³-hybridized carbons (Fsp3) is 0.952. The molecule has 3 saturated heterocycles. The Morgan fingerprint density at radius 1 is 1.04 bits per heavy atom. The van der Waals surface area contributed by atoms with E-state index in [9.17, 15) is 0 Å². The summed E-state index contributed by atoms with van der Waals surface area (Å²) in [4.78, 5) is 9.55. The largest absolute Gasteiger partial charge is 0.379 e. The van der Waals surface area contributed by atoms with Crippen LogP contribution in [0.2, 0.25) is 0 Å². The number of nitrogens with zero attached hydrogens (tertiary/aromatic N) is 3. The van der Waals surface area contributed by atoms with Crippen molar-refractivity contribution < 1.29 is 14.2 Å². The average molecular weight is 397 g/mol. The third-order valence-electron chi connectivity index (χ3n) is 6.56. The maximum atomic E-state index is 6.01. The molecule has 28 heavy (non-hydrogen) atoms. The van der Waals surface area contributed by atoms with Crippen LogP contribution in [-0.2, 0) is 14.2 Å². The average Bonchev–Trinajstić information content (AvgIpc) is 3.29. The SMILES string of the molecule is CCC(CC)C(CNC(=NC)N1CCOC(C2CCCO2)C1)N1CCOCC1. The zero-order valence-electron chi connectivity index (χ0n) is 18.1. The molecule has 0 bridgehead atoms. The van der Waals surface area contributed by atoms with E-state index in [1.54, 1.807) is 0 Å². The van der Waals surface area contributed by atoms with Gasteiger partial charge in [0.1, 0.15) is 6.10 Å². The molecule has 0 aliphatic carbocycles.